The molecule has 0 aliphatic carbocycles. The van der Waals surface area contributed by atoms with Gasteiger partial charge in [-0.2, -0.15) is 10.2 Å². The smallest absolute Gasteiger partial charge is 0.153 e. The van der Waals surface area contributed by atoms with Crippen LogP contribution in [-0.2, 0) is 6.54 Å². The van der Waals surface area contributed by atoms with Crippen molar-refractivity contribution in [1.82, 2.24) is 20.0 Å². The zero-order valence-corrected chi connectivity index (χ0v) is 8.88. The van der Waals surface area contributed by atoms with Gasteiger partial charge in [0.25, 0.3) is 0 Å². The number of aryl methyl sites for hydroxylation is 1. The summed E-state index contributed by atoms with van der Waals surface area (Å²) in [5, 5.41) is 15.1. The Morgan fingerprint density at radius 1 is 1.44 bits per heavy atom. The fourth-order valence-corrected chi connectivity index (χ4v) is 1.22. The lowest BCUT2D eigenvalue weighted by atomic mass is 10.4. The van der Waals surface area contributed by atoms with Crippen molar-refractivity contribution in [3.8, 4) is 12.3 Å². The first kappa shape index (κ1) is 10.2. The SMILES string of the molecule is C#CCn1cc(Nc2ccc(C)nn2)cn1. The van der Waals surface area contributed by atoms with Gasteiger partial charge in [-0.25, -0.2) is 0 Å². The van der Waals surface area contributed by atoms with Gasteiger partial charge in [-0.3, -0.25) is 4.68 Å². The topological polar surface area (TPSA) is 55.6 Å². The van der Waals surface area contributed by atoms with E-state index in [4.69, 9.17) is 6.42 Å². The van der Waals surface area contributed by atoms with Gasteiger partial charge < -0.3 is 5.32 Å². The van der Waals surface area contributed by atoms with Crippen molar-refractivity contribution in [3.05, 3.63) is 30.2 Å². The van der Waals surface area contributed by atoms with E-state index in [9.17, 15) is 0 Å². The Labute approximate surface area is 93.5 Å². The third-order valence-corrected chi connectivity index (χ3v) is 1.96. The molecule has 0 saturated heterocycles. The fraction of sp³-hybridized carbons (Fsp3) is 0.182. The summed E-state index contributed by atoms with van der Waals surface area (Å²) in [6.07, 6.45) is 8.70. The number of anilines is 2. The van der Waals surface area contributed by atoms with E-state index in [-0.39, 0.29) is 0 Å². The van der Waals surface area contributed by atoms with Crippen LogP contribution in [0.5, 0.6) is 0 Å². The van der Waals surface area contributed by atoms with Crippen molar-refractivity contribution in [3.63, 3.8) is 0 Å². The van der Waals surface area contributed by atoms with Gasteiger partial charge in [0, 0.05) is 6.20 Å². The quantitative estimate of drug-likeness (QED) is 0.782. The van der Waals surface area contributed by atoms with Crippen LogP contribution in [0.2, 0.25) is 0 Å². The highest BCUT2D eigenvalue weighted by Crippen LogP contribution is 2.12. The van der Waals surface area contributed by atoms with E-state index in [1.54, 1.807) is 10.9 Å². The minimum Gasteiger partial charge on any atom is -0.336 e. The average molecular weight is 213 g/mol. The molecule has 16 heavy (non-hydrogen) atoms. The van der Waals surface area contributed by atoms with Crippen LogP contribution >= 0.6 is 0 Å². The maximum Gasteiger partial charge on any atom is 0.153 e. The summed E-state index contributed by atoms with van der Waals surface area (Å²) in [6.45, 7) is 2.35. The number of rotatable bonds is 3. The molecule has 0 saturated carbocycles. The number of nitrogens with one attached hydrogen (secondary N) is 1. The molecular weight excluding hydrogens is 202 g/mol. The van der Waals surface area contributed by atoms with Crippen LogP contribution in [0.4, 0.5) is 11.5 Å². The maximum atomic E-state index is 5.19. The molecule has 80 valence electrons. The lowest BCUT2D eigenvalue weighted by molar-refractivity contribution is 0.716. The lowest BCUT2D eigenvalue weighted by Crippen LogP contribution is -1.96. The molecule has 0 aromatic carbocycles. The van der Waals surface area contributed by atoms with Crippen molar-refractivity contribution < 1.29 is 0 Å². The van der Waals surface area contributed by atoms with E-state index in [2.05, 4.69) is 26.5 Å². The predicted octanol–water partition coefficient (Wildman–Crippen LogP) is 1.36. The molecule has 2 heterocycles. The van der Waals surface area contributed by atoms with E-state index in [0.717, 1.165) is 11.4 Å². The number of terminal acetylenes is 1. The summed E-state index contributed by atoms with van der Waals surface area (Å²) in [5.41, 5.74) is 1.72. The third-order valence-electron chi connectivity index (χ3n) is 1.96. The molecule has 0 fully saturated rings. The Bertz CT molecular complexity index is 506. The van der Waals surface area contributed by atoms with Gasteiger partial charge in [0.15, 0.2) is 5.82 Å². The molecule has 0 bridgehead atoms. The molecule has 0 radical (unpaired) electrons. The van der Waals surface area contributed by atoms with E-state index in [1.807, 2.05) is 25.3 Å². The van der Waals surface area contributed by atoms with Gasteiger partial charge >= 0.3 is 0 Å². The first-order chi connectivity index (χ1) is 7.78. The molecule has 2 aromatic rings. The van der Waals surface area contributed by atoms with E-state index in [1.165, 1.54) is 0 Å². The number of aromatic nitrogens is 4. The van der Waals surface area contributed by atoms with E-state index in [0.29, 0.717) is 12.4 Å². The zero-order valence-electron chi connectivity index (χ0n) is 8.88. The van der Waals surface area contributed by atoms with Crippen molar-refractivity contribution in [1.29, 1.82) is 0 Å². The van der Waals surface area contributed by atoms with Crippen molar-refractivity contribution >= 4 is 11.5 Å². The standard InChI is InChI=1S/C11H11N5/c1-3-6-16-8-10(7-12-16)13-11-5-4-9(2)14-15-11/h1,4-5,7-8H,6H2,2H3,(H,13,15). The molecule has 0 amide bonds. The summed E-state index contributed by atoms with van der Waals surface area (Å²) < 4.78 is 1.67. The van der Waals surface area contributed by atoms with Crippen LogP contribution in [0.25, 0.3) is 0 Å². The fourth-order valence-electron chi connectivity index (χ4n) is 1.22. The normalized spacial score (nSPS) is 9.75. The lowest BCUT2D eigenvalue weighted by Gasteiger charge is -2.00. The summed E-state index contributed by atoms with van der Waals surface area (Å²) in [5.74, 6) is 3.20. The molecule has 5 heteroatoms. The van der Waals surface area contributed by atoms with Crippen molar-refractivity contribution in [2.24, 2.45) is 0 Å². The number of hydrogen-bond donors (Lipinski definition) is 1. The van der Waals surface area contributed by atoms with Crippen LogP contribution in [0, 0.1) is 19.3 Å². The van der Waals surface area contributed by atoms with Crippen LogP contribution in [0.3, 0.4) is 0 Å². The molecule has 0 aliphatic heterocycles. The Hall–Kier alpha value is -2.35. The predicted molar refractivity (Wildman–Crippen MR) is 61.1 cm³/mol. The van der Waals surface area contributed by atoms with E-state index >= 15 is 0 Å². The zero-order chi connectivity index (χ0) is 11.4. The second-order valence-electron chi connectivity index (χ2n) is 3.32. The van der Waals surface area contributed by atoms with E-state index < -0.39 is 0 Å². The first-order valence-corrected chi connectivity index (χ1v) is 4.81. The largest absolute Gasteiger partial charge is 0.336 e. The molecule has 0 aliphatic rings. The minimum atomic E-state index is 0.460. The summed E-state index contributed by atoms with van der Waals surface area (Å²) in [6, 6.07) is 3.75. The van der Waals surface area contributed by atoms with Gasteiger partial charge in [0.05, 0.1) is 17.6 Å². The second-order valence-corrected chi connectivity index (χ2v) is 3.32. The summed E-state index contributed by atoms with van der Waals surface area (Å²) in [7, 11) is 0. The first-order valence-electron chi connectivity index (χ1n) is 4.81. The van der Waals surface area contributed by atoms with Crippen LogP contribution in [-0.4, -0.2) is 20.0 Å². The van der Waals surface area contributed by atoms with Crippen LogP contribution < -0.4 is 5.32 Å². The second kappa shape index (κ2) is 4.45. The molecule has 2 aromatic heterocycles. The Balaban J connectivity index is 2.09. The third kappa shape index (κ3) is 2.36. The molecule has 0 atom stereocenters. The molecule has 0 spiro atoms. The molecule has 0 unspecified atom stereocenters. The Morgan fingerprint density at radius 2 is 2.31 bits per heavy atom. The summed E-state index contributed by atoms with van der Waals surface area (Å²) in [4.78, 5) is 0. The summed E-state index contributed by atoms with van der Waals surface area (Å²) >= 11 is 0. The van der Waals surface area contributed by atoms with Crippen LogP contribution in [0.1, 0.15) is 5.69 Å². The maximum absolute atomic E-state index is 5.19. The monoisotopic (exact) mass is 213 g/mol. The molecule has 2 rings (SSSR count). The van der Waals surface area contributed by atoms with Crippen LogP contribution in [0.15, 0.2) is 24.5 Å². The van der Waals surface area contributed by atoms with Gasteiger partial charge in [-0.1, -0.05) is 5.92 Å². The van der Waals surface area contributed by atoms with Crippen molar-refractivity contribution in [2.45, 2.75) is 13.5 Å². The van der Waals surface area contributed by atoms with Gasteiger partial charge in [0.1, 0.15) is 6.54 Å². The van der Waals surface area contributed by atoms with Gasteiger partial charge in [-0.05, 0) is 19.1 Å². The average Bonchev–Trinajstić information content (AvgIpc) is 2.70. The highest BCUT2D eigenvalue weighted by Gasteiger charge is 1.99. The highest BCUT2D eigenvalue weighted by atomic mass is 15.3. The minimum absolute atomic E-state index is 0.460. The molecule has 1 N–H and O–H groups in total. The Morgan fingerprint density at radius 3 is 3.00 bits per heavy atom. The number of nitrogens with zero attached hydrogens (tertiary/aromatic N) is 4. The number of hydrogen-bond acceptors (Lipinski definition) is 4. The van der Waals surface area contributed by atoms with Gasteiger partial charge in [-0.15, -0.1) is 11.5 Å². The Kier molecular flexibility index (Phi) is 2.83. The van der Waals surface area contributed by atoms with Crippen molar-refractivity contribution in [2.75, 3.05) is 5.32 Å². The highest BCUT2D eigenvalue weighted by molar-refractivity contribution is 5.53. The molecule has 5 nitrogen and oxygen atoms in total. The molecular formula is C11H11N5. The van der Waals surface area contributed by atoms with Gasteiger partial charge in [0.2, 0.25) is 0 Å².